The van der Waals surface area contributed by atoms with Crippen molar-refractivity contribution in [2.45, 2.75) is 30.3 Å². The quantitative estimate of drug-likeness (QED) is 0.724. The van der Waals surface area contributed by atoms with Gasteiger partial charge in [-0.1, -0.05) is 23.7 Å². The molecule has 7 nitrogen and oxygen atoms in total. The lowest BCUT2D eigenvalue weighted by Crippen LogP contribution is -2.39. The molecule has 3 rings (SSSR count). The highest BCUT2D eigenvalue weighted by Gasteiger charge is 2.28. The number of nitrogens with two attached hydrogens (primary N) is 1. The Bertz CT molecular complexity index is 1060. The Balaban J connectivity index is 1.75. The van der Waals surface area contributed by atoms with Crippen molar-refractivity contribution in [1.29, 1.82) is 0 Å². The molecule has 1 fully saturated rings. The molecule has 3 N–H and O–H groups in total. The molecule has 0 aliphatic carbocycles. The van der Waals surface area contributed by atoms with Gasteiger partial charge in [0.25, 0.3) is 5.91 Å². The van der Waals surface area contributed by atoms with Gasteiger partial charge in [-0.15, -0.1) is 0 Å². The largest absolute Gasteiger partial charge is 0.368 e. The fraction of sp³-hybridized carbons (Fsp3) is 0.300. The van der Waals surface area contributed by atoms with Crippen LogP contribution in [0.15, 0.2) is 47.4 Å². The van der Waals surface area contributed by atoms with Crippen LogP contribution in [-0.2, 0) is 21.2 Å². The van der Waals surface area contributed by atoms with Crippen LogP contribution in [-0.4, -0.2) is 44.0 Å². The first-order valence-electron chi connectivity index (χ1n) is 9.08. The number of carbonyl (C=O) groups excluding carboxylic acids is 2. The Morgan fingerprint density at radius 3 is 2.69 bits per heavy atom. The van der Waals surface area contributed by atoms with Crippen LogP contribution in [0.25, 0.3) is 0 Å². The third-order valence-electron chi connectivity index (χ3n) is 4.86. The highest BCUT2D eigenvalue weighted by Crippen LogP contribution is 2.24. The van der Waals surface area contributed by atoms with Gasteiger partial charge in [-0.3, -0.25) is 14.5 Å². The molecule has 2 aromatic carbocycles. The van der Waals surface area contributed by atoms with E-state index in [-0.39, 0.29) is 27.4 Å². The summed E-state index contributed by atoms with van der Waals surface area (Å²) < 4.78 is 23.6. The summed E-state index contributed by atoms with van der Waals surface area (Å²) in [6, 6.07) is 11.1. The topological polar surface area (TPSA) is 110 Å². The van der Waals surface area contributed by atoms with Gasteiger partial charge in [0.15, 0.2) is 9.84 Å². The maximum Gasteiger partial charge on any atom is 0.255 e. The number of nitrogens with zero attached hydrogens (tertiary/aromatic N) is 1. The minimum atomic E-state index is -3.55. The number of amides is 2. The molecule has 0 bridgehead atoms. The molecule has 0 spiro atoms. The third kappa shape index (κ3) is 5.14. The number of hydrogen-bond donors (Lipinski definition) is 2. The van der Waals surface area contributed by atoms with Crippen LogP contribution in [0, 0.1) is 0 Å². The molecule has 1 aliphatic heterocycles. The summed E-state index contributed by atoms with van der Waals surface area (Å²) in [4.78, 5) is 26.1. The standard InChI is InChI=1S/C20H22ClN3O4S/c1-29(27,28)18-11-14(7-8-16(18)21)20(26)23-15-5-2-4-13(10-15)12-24-9-3-6-17(24)19(22)25/h2,4-5,7-8,10-11,17H,3,6,9,12H2,1H3,(H2,22,25)(H,23,26). The number of rotatable bonds is 6. The third-order valence-corrected chi connectivity index (χ3v) is 6.43. The minimum absolute atomic E-state index is 0.0701. The number of carbonyl (C=O) groups is 2. The van der Waals surface area contributed by atoms with Crippen LogP contribution in [0.3, 0.4) is 0 Å². The van der Waals surface area contributed by atoms with E-state index in [1.54, 1.807) is 6.07 Å². The summed E-state index contributed by atoms with van der Waals surface area (Å²) in [6.45, 7) is 1.35. The zero-order chi connectivity index (χ0) is 21.2. The van der Waals surface area contributed by atoms with E-state index in [1.165, 1.54) is 18.2 Å². The van der Waals surface area contributed by atoms with Gasteiger partial charge in [0.1, 0.15) is 0 Å². The molecule has 1 heterocycles. The minimum Gasteiger partial charge on any atom is -0.368 e. The Morgan fingerprint density at radius 1 is 1.24 bits per heavy atom. The van der Waals surface area contributed by atoms with Gasteiger partial charge in [-0.05, 0) is 55.3 Å². The van der Waals surface area contributed by atoms with Crippen molar-refractivity contribution in [3.63, 3.8) is 0 Å². The molecule has 0 aromatic heterocycles. The van der Waals surface area contributed by atoms with Crippen molar-refractivity contribution in [2.75, 3.05) is 18.1 Å². The number of hydrogen-bond acceptors (Lipinski definition) is 5. The van der Waals surface area contributed by atoms with Crippen molar-refractivity contribution in [2.24, 2.45) is 5.73 Å². The lowest BCUT2D eigenvalue weighted by molar-refractivity contribution is -0.122. The average molecular weight is 436 g/mol. The molecule has 9 heteroatoms. The number of halogens is 1. The fourth-order valence-corrected chi connectivity index (χ4v) is 4.75. The molecule has 1 atom stereocenters. The average Bonchev–Trinajstić information content (AvgIpc) is 3.09. The van der Waals surface area contributed by atoms with E-state index in [1.807, 2.05) is 23.1 Å². The van der Waals surface area contributed by atoms with Crippen LogP contribution in [0.1, 0.15) is 28.8 Å². The van der Waals surface area contributed by atoms with Crippen LogP contribution in [0.2, 0.25) is 5.02 Å². The number of anilines is 1. The molecule has 0 saturated carbocycles. The lowest BCUT2D eigenvalue weighted by atomic mass is 10.1. The first-order chi connectivity index (χ1) is 13.6. The predicted octanol–water partition coefficient (Wildman–Crippen LogP) is 2.45. The fourth-order valence-electron chi connectivity index (χ4n) is 3.45. The van der Waals surface area contributed by atoms with E-state index in [4.69, 9.17) is 17.3 Å². The molecule has 1 unspecified atom stereocenters. The first-order valence-corrected chi connectivity index (χ1v) is 11.4. The second-order valence-corrected chi connectivity index (χ2v) is 9.49. The number of sulfone groups is 1. The van der Waals surface area contributed by atoms with Gasteiger partial charge < -0.3 is 11.1 Å². The van der Waals surface area contributed by atoms with Crippen molar-refractivity contribution < 1.29 is 18.0 Å². The highest BCUT2D eigenvalue weighted by atomic mass is 35.5. The summed E-state index contributed by atoms with van der Waals surface area (Å²) in [5.41, 5.74) is 7.16. The van der Waals surface area contributed by atoms with E-state index >= 15 is 0 Å². The zero-order valence-corrected chi connectivity index (χ0v) is 17.5. The molecule has 2 amide bonds. The second-order valence-electron chi connectivity index (χ2n) is 7.10. The highest BCUT2D eigenvalue weighted by molar-refractivity contribution is 7.90. The van der Waals surface area contributed by atoms with Gasteiger partial charge in [0.2, 0.25) is 5.91 Å². The Kier molecular flexibility index (Phi) is 6.26. The SMILES string of the molecule is CS(=O)(=O)c1cc(C(=O)Nc2cccc(CN3CCCC3C(N)=O)c2)ccc1Cl. The summed E-state index contributed by atoms with van der Waals surface area (Å²) in [6.07, 6.45) is 2.71. The number of likely N-dealkylation sites (tertiary alicyclic amines) is 1. The molecular formula is C20H22ClN3O4S. The first kappa shape index (κ1) is 21.3. The van der Waals surface area contributed by atoms with E-state index in [9.17, 15) is 18.0 Å². The normalized spacial score (nSPS) is 17.2. The van der Waals surface area contributed by atoms with Crippen molar-refractivity contribution in [3.8, 4) is 0 Å². The summed E-state index contributed by atoms with van der Waals surface area (Å²) >= 11 is 5.93. The number of primary amides is 1. The second kappa shape index (κ2) is 8.52. The maximum atomic E-state index is 12.6. The zero-order valence-electron chi connectivity index (χ0n) is 15.9. The molecule has 1 saturated heterocycles. The van der Waals surface area contributed by atoms with Gasteiger partial charge >= 0.3 is 0 Å². The Hall–Kier alpha value is -2.42. The molecular weight excluding hydrogens is 414 g/mol. The van der Waals surface area contributed by atoms with Crippen molar-refractivity contribution >= 4 is 38.9 Å². The van der Waals surface area contributed by atoms with Crippen LogP contribution < -0.4 is 11.1 Å². The van der Waals surface area contributed by atoms with Crippen LogP contribution >= 0.6 is 11.6 Å². The maximum absolute atomic E-state index is 12.6. The molecule has 1 aliphatic rings. The molecule has 2 aromatic rings. The van der Waals surface area contributed by atoms with Crippen LogP contribution in [0.5, 0.6) is 0 Å². The summed E-state index contributed by atoms with van der Waals surface area (Å²) in [5.74, 6) is -0.767. The van der Waals surface area contributed by atoms with Crippen molar-refractivity contribution in [1.82, 2.24) is 4.90 Å². The monoisotopic (exact) mass is 435 g/mol. The number of benzene rings is 2. The van der Waals surface area contributed by atoms with E-state index in [0.29, 0.717) is 12.2 Å². The molecule has 154 valence electrons. The van der Waals surface area contributed by atoms with Gasteiger partial charge in [-0.2, -0.15) is 0 Å². The van der Waals surface area contributed by atoms with E-state index < -0.39 is 15.7 Å². The number of nitrogens with one attached hydrogen (secondary N) is 1. The van der Waals surface area contributed by atoms with Crippen LogP contribution in [0.4, 0.5) is 5.69 Å². The lowest BCUT2D eigenvalue weighted by Gasteiger charge is -2.22. The van der Waals surface area contributed by atoms with Gasteiger partial charge in [0, 0.05) is 24.1 Å². The van der Waals surface area contributed by atoms with E-state index in [2.05, 4.69) is 5.32 Å². The Morgan fingerprint density at radius 2 is 2.00 bits per heavy atom. The van der Waals surface area contributed by atoms with Gasteiger partial charge in [-0.25, -0.2) is 8.42 Å². The summed E-state index contributed by atoms with van der Waals surface area (Å²) in [5, 5.41) is 2.84. The molecule has 29 heavy (non-hydrogen) atoms. The predicted molar refractivity (Wildman–Crippen MR) is 112 cm³/mol. The Labute approximate surface area is 174 Å². The van der Waals surface area contributed by atoms with E-state index in [0.717, 1.165) is 31.2 Å². The molecule has 0 radical (unpaired) electrons. The summed E-state index contributed by atoms with van der Waals surface area (Å²) in [7, 11) is -3.55. The van der Waals surface area contributed by atoms with Crippen molar-refractivity contribution in [3.05, 3.63) is 58.6 Å². The smallest absolute Gasteiger partial charge is 0.255 e. The van der Waals surface area contributed by atoms with Gasteiger partial charge in [0.05, 0.1) is 16.0 Å².